The molecule has 0 atom stereocenters. The standard InChI is InChI=1S/C31H35N3O5/c1-20-21(2)34(17-5-16-33(3)4)28-14-13-26(19-27(20)28)39-25-11-7-23(8-12-25)31(38)32-24-10-6-22(29(35)18-24)9-15-30(36)37/h6-8,10-14,18-19,35H,5,9,15-17H2,1-4H3,(H,32,38)(H,36,37). The summed E-state index contributed by atoms with van der Waals surface area (Å²) in [7, 11) is 4.18. The third-order valence-corrected chi connectivity index (χ3v) is 6.90. The monoisotopic (exact) mass is 529 g/mol. The minimum absolute atomic E-state index is 0.0518. The first-order valence-electron chi connectivity index (χ1n) is 13.0. The van der Waals surface area contributed by atoms with Crippen molar-refractivity contribution in [1.82, 2.24) is 9.47 Å². The molecule has 8 heteroatoms. The van der Waals surface area contributed by atoms with Crippen LogP contribution in [-0.4, -0.2) is 52.2 Å². The number of aryl methyl sites for hydroxylation is 3. The van der Waals surface area contributed by atoms with Gasteiger partial charge in [0.25, 0.3) is 5.91 Å². The summed E-state index contributed by atoms with van der Waals surface area (Å²) < 4.78 is 8.47. The molecule has 0 saturated heterocycles. The number of fused-ring (bicyclic) bond motifs is 1. The fraction of sp³-hybridized carbons (Fsp3) is 0.290. The highest BCUT2D eigenvalue weighted by Gasteiger charge is 2.13. The predicted molar refractivity (Wildman–Crippen MR) is 153 cm³/mol. The van der Waals surface area contributed by atoms with E-state index in [1.54, 1.807) is 36.4 Å². The van der Waals surface area contributed by atoms with Gasteiger partial charge < -0.3 is 29.7 Å². The number of carboxylic acids is 1. The van der Waals surface area contributed by atoms with Gasteiger partial charge in [0, 0.05) is 46.9 Å². The second-order valence-corrected chi connectivity index (χ2v) is 10.0. The molecule has 1 amide bonds. The molecule has 39 heavy (non-hydrogen) atoms. The van der Waals surface area contributed by atoms with Gasteiger partial charge in [-0.25, -0.2) is 0 Å². The summed E-state index contributed by atoms with van der Waals surface area (Å²) in [5, 5.41) is 22.9. The number of nitrogens with one attached hydrogen (secondary N) is 1. The van der Waals surface area contributed by atoms with Crippen molar-refractivity contribution in [3.05, 3.63) is 83.0 Å². The zero-order valence-electron chi connectivity index (χ0n) is 22.8. The number of anilines is 1. The Kier molecular flexibility index (Phi) is 8.56. The van der Waals surface area contributed by atoms with E-state index in [1.165, 1.54) is 28.2 Å². The van der Waals surface area contributed by atoms with Gasteiger partial charge in [0.15, 0.2) is 0 Å². The molecule has 0 aliphatic heterocycles. The molecule has 0 fully saturated rings. The molecule has 1 heterocycles. The van der Waals surface area contributed by atoms with Gasteiger partial charge in [0.1, 0.15) is 17.2 Å². The van der Waals surface area contributed by atoms with Crippen molar-refractivity contribution in [2.24, 2.45) is 0 Å². The van der Waals surface area contributed by atoms with Crippen LogP contribution in [-0.2, 0) is 17.8 Å². The topological polar surface area (TPSA) is 104 Å². The third-order valence-electron chi connectivity index (χ3n) is 6.90. The van der Waals surface area contributed by atoms with Crippen molar-refractivity contribution in [2.45, 2.75) is 39.7 Å². The maximum absolute atomic E-state index is 12.7. The lowest BCUT2D eigenvalue weighted by Crippen LogP contribution is -2.15. The molecule has 0 aliphatic carbocycles. The first-order valence-corrected chi connectivity index (χ1v) is 13.0. The average Bonchev–Trinajstić information content (AvgIpc) is 3.12. The van der Waals surface area contributed by atoms with Gasteiger partial charge in [-0.1, -0.05) is 6.07 Å². The number of aliphatic carboxylic acids is 1. The van der Waals surface area contributed by atoms with Crippen LogP contribution in [0.1, 0.15) is 40.0 Å². The summed E-state index contributed by atoms with van der Waals surface area (Å²) in [5.74, 6) is 0.0273. The van der Waals surface area contributed by atoms with Crippen LogP contribution in [0.15, 0.2) is 60.7 Å². The summed E-state index contributed by atoms with van der Waals surface area (Å²) in [6.07, 6.45) is 1.21. The zero-order valence-corrected chi connectivity index (χ0v) is 22.8. The molecule has 4 aromatic rings. The Balaban J connectivity index is 1.41. The fourth-order valence-electron chi connectivity index (χ4n) is 4.63. The Morgan fingerprint density at radius 2 is 1.69 bits per heavy atom. The predicted octanol–water partition coefficient (Wildman–Crippen LogP) is 5.98. The summed E-state index contributed by atoms with van der Waals surface area (Å²) >= 11 is 0. The second kappa shape index (κ2) is 12.0. The van der Waals surface area contributed by atoms with Crippen LogP contribution in [0.25, 0.3) is 10.9 Å². The maximum atomic E-state index is 12.7. The van der Waals surface area contributed by atoms with Gasteiger partial charge in [-0.3, -0.25) is 9.59 Å². The van der Waals surface area contributed by atoms with Gasteiger partial charge in [-0.05, 0) is 107 Å². The number of phenolic OH excluding ortho intramolecular Hbond substituents is 1. The Hall–Kier alpha value is -4.30. The lowest BCUT2D eigenvalue weighted by Gasteiger charge is -2.12. The highest BCUT2D eigenvalue weighted by Crippen LogP contribution is 2.31. The molecule has 0 spiro atoms. The van der Waals surface area contributed by atoms with Crippen molar-refractivity contribution < 1.29 is 24.5 Å². The van der Waals surface area contributed by atoms with Crippen LogP contribution in [0.5, 0.6) is 17.2 Å². The third kappa shape index (κ3) is 6.78. The van der Waals surface area contributed by atoms with Crippen LogP contribution in [0.2, 0.25) is 0 Å². The van der Waals surface area contributed by atoms with Gasteiger partial charge in [-0.2, -0.15) is 0 Å². The number of carbonyl (C=O) groups excluding carboxylic acids is 1. The molecule has 0 saturated carbocycles. The molecular weight excluding hydrogens is 494 g/mol. The van der Waals surface area contributed by atoms with E-state index < -0.39 is 5.97 Å². The number of phenols is 1. The van der Waals surface area contributed by atoms with E-state index in [0.717, 1.165) is 25.3 Å². The van der Waals surface area contributed by atoms with Crippen LogP contribution < -0.4 is 10.1 Å². The number of hydrogen-bond donors (Lipinski definition) is 3. The normalized spacial score (nSPS) is 11.2. The van der Waals surface area contributed by atoms with Crippen molar-refractivity contribution in [3.8, 4) is 17.2 Å². The molecule has 4 rings (SSSR count). The van der Waals surface area contributed by atoms with Crippen molar-refractivity contribution >= 4 is 28.5 Å². The number of ether oxygens (including phenoxy) is 1. The SMILES string of the molecule is Cc1c(C)n(CCCN(C)C)c2ccc(Oc3ccc(C(=O)Nc4ccc(CCC(=O)O)c(O)c4)cc3)cc12. The Morgan fingerprint density at radius 3 is 2.36 bits per heavy atom. The molecule has 204 valence electrons. The maximum Gasteiger partial charge on any atom is 0.303 e. The minimum Gasteiger partial charge on any atom is -0.508 e. The van der Waals surface area contributed by atoms with E-state index in [4.69, 9.17) is 9.84 Å². The molecule has 0 radical (unpaired) electrons. The van der Waals surface area contributed by atoms with Crippen LogP contribution in [0, 0.1) is 13.8 Å². The molecule has 0 bridgehead atoms. The number of benzene rings is 3. The first-order chi connectivity index (χ1) is 18.6. The first kappa shape index (κ1) is 27.7. The van der Waals surface area contributed by atoms with Crippen molar-refractivity contribution in [2.75, 3.05) is 26.0 Å². The smallest absolute Gasteiger partial charge is 0.303 e. The quantitative estimate of drug-likeness (QED) is 0.221. The van der Waals surface area contributed by atoms with E-state index in [0.29, 0.717) is 22.6 Å². The van der Waals surface area contributed by atoms with Crippen LogP contribution >= 0.6 is 0 Å². The van der Waals surface area contributed by atoms with Gasteiger partial charge >= 0.3 is 5.97 Å². The van der Waals surface area contributed by atoms with Crippen molar-refractivity contribution in [1.29, 1.82) is 0 Å². The molecular formula is C31H35N3O5. The number of amides is 1. The zero-order chi connectivity index (χ0) is 28.1. The van der Waals surface area contributed by atoms with Gasteiger partial charge in [0.05, 0.1) is 0 Å². The summed E-state index contributed by atoms with van der Waals surface area (Å²) in [5.41, 5.74) is 5.08. The van der Waals surface area contributed by atoms with E-state index in [2.05, 4.69) is 54.9 Å². The molecule has 3 aromatic carbocycles. The van der Waals surface area contributed by atoms with Crippen LogP contribution in [0.4, 0.5) is 5.69 Å². The van der Waals surface area contributed by atoms with Gasteiger partial charge in [-0.15, -0.1) is 0 Å². The lowest BCUT2D eigenvalue weighted by molar-refractivity contribution is -0.136. The number of aromatic nitrogens is 1. The molecule has 0 aliphatic rings. The number of nitrogens with zero attached hydrogens (tertiary/aromatic N) is 2. The van der Waals surface area contributed by atoms with Crippen molar-refractivity contribution in [3.63, 3.8) is 0 Å². The Morgan fingerprint density at radius 1 is 0.974 bits per heavy atom. The number of carboxylic acid groups (broad SMARTS) is 1. The van der Waals surface area contributed by atoms with E-state index >= 15 is 0 Å². The molecule has 0 unspecified atom stereocenters. The lowest BCUT2D eigenvalue weighted by atomic mass is 10.1. The number of hydrogen-bond acceptors (Lipinski definition) is 5. The fourth-order valence-corrected chi connectivity index (χ4v) is 4.63. The number of rotatable bonds is 11. The summed E-state index contributed by atoms with van der Waals surface area (Å²) in [6.45, 7) is 6.30. The Labute approximate surface area is 228 Å². The van der Waals surface area contributed by atoms with E-state index in [1.807, 2.05) is 6.07 Å². The van der Waals surface area contributed by atoms with Gasteiger partial charge in [0.2, 0.25) is 0 Å². The van der Waals surface area contributed by atoms with Crippen LogP contribution in [0.3, 0.4) is 0 Å². The highest BCUT2D eigenvalue weighted by molar-refractivity contribution is 6.04. The number of aromatic hydroxyl groups is 1. The van der Waals surface area contributed by atoms with E-state index in [-0.39, 0.29) is 24.5 Å². The Bertz CT molecular complexity index is 1490. The second-order valence-electron chi connectivity index (χ2n) is 10.0. The summed E-state index contributed by atoms with van der Waals surface area (Å²) in [6, 6.07) is 17.7. The van der Waals surface area contributed by atoms with E-state index in [9.17, 15) is 14.7 Å². The largest absolute Gasteiger partial charge is 0.508 e. The average molecular weight is 530 g/mol. The number of carbonyl (C=O) groups is 2. The molecule has 3 N–H and O–H groups in total. The summed E-state index contributed by atoms with van der Waals surface area (Å²) in [4.78, 5) is 25.7. The highest BCUT2D eigenvalue weighted by atomic mass is 16.5. The minimum atomic E-state index is -0.935. The molecule has 1 aromatic heterocycles. The molecule has 8 nitrogen and oxygen atoms in total.